The van der Waals surface area contributed by atoms with Crippen LogP contribution in [0.15, 0.2) is 42.5 Å². The lowest BCUT2D eigenvalue weighted by Gasteiger charge is -2.08. The maximum absolute atomic E-state index is 11.9. The van der Waals surface area contributed by atoms with E-state index in [1.54, 1.807) is 0 Å². The van der Waals surface area contributed by atoms with E-state index >= 15 is 0 Å². The molecule has 2 rings (SSSR count). The minimum absolute atomic E-state index is 0.205. The van der Waals surface area contributed by atoms with Crippen molar-refractivity contribution in [2.24, 2.45) is 0 Å². The van der Waals surface area contributed by atoms with Crippen molar-refractivity contribution >= 4 is 17.4 Å². The first kappa shape index (κ1) is 13.8. The summed E-state index contributed by atoms with van der Waals surface area (Å²) in [5.41, 5.74) is 4.09. The zero-order valence-electron chi connectivity index (χ0n) is 11.2. The number of rotatable bonds is 4. The van der Waals surface area contributed by atoms with Gasteiger partial charge in [-0.15, -0.1) is 0 Å². The second-order valence-corrected chi connectivity index (χ2v) is 5.15. The highest BCUT2D eigenvalue weighted by molar-refractivity contribution is 6.30. The van der Waals surface area contributed by atoms with Gasteiger partial charge in [-0.05, 0) is 48.2 Å². The molecule has 0 radical (unpaired) electrons. The van der Waals surface area contributed by atoms with Crippen molar-refractivity contribution in [3.63, 3.8) is 0 Å². The second kappa shape index (κ2) is 6.03. The van der Waals surface area contributed by atoms with Gasteiger partial charge in [0.1, 0.15) is 0 Å². The van der Waals surface area contributed by atoms with Crippen LogP contribution in [-0.2, 0) is 0 Å². The van der Waals surface area contributed by atoms with Crippen molar-refractivity contribution in [2.45, 2.75) is 26.7 Å². The van der Waals surface area contributed by atoms with Crippen molar-refractivity contribution < 1.29 is 4.79 Å². The standard InChI is InChI=1S/C17H17ClO/c1-3-5-17(19)14-7-4-6-13(11-14)16-9-8-15(18)10-12(16)2/h4,6-11H,3,5H2,1-2H3. The fourth-order valence-corrected chi connectivity index (χ4v) is 2.41. The van der Waals surface area contributed by atoms with E-state index in [1.165, 1.54) is 0 Å². The average molecular weight is 273 g/mol. The molecule has 0 saturated carbocycles. The predicted molar refractivity (Wildman–Crippen MR) is 80.9 cm³/mol. The number of carbonyl (C=O) groups is 1. The Morgan fingerprint density at radius 1 is 1.16 bits per heavy atom. The Kier molecular flexibility index (Phi) is 4.39. The van der Waals surface area contributed by atoms with Crippen LogP contribution in [0.1, 0.15) is 35.7 Å². The minimum Gasteiger partial charge on any atom is -0.294 e. The van der Waals surface area contributed by atoms with Gasteiger partial charge in [0.2, 0.25) is 0 Å². The topological polar surface area (TPSA) is 17.1 Å². The normalized spacial score (nSPS) is 10.5. The third kappa shape index (κ3) is 3.24. The van der Waals surface area contributed by atoms with E-state index in [2.05, 4.69) is 0 Å². The van der Waals surface area contributed by atoms with Gasteiger partial charge in [0.25, 0.3) is 0 Å². The Labute approximate surface area is 119 Å². The monoisotopic (exact) mass is 272 g/mol. The van der Waals surface area contributed by atoms with E-state index in [1.807, 2.05) is 56.3 Å². The van der Waals surface area contributed by atoms with E-state index in [0.717, 1.165) is 33.7 Å². The Balaban J connectivity index is 2.40. The summed E-state index contributed by atoms with van der Waals surface area (Å²) in [6.45, 7) is 4.05. The quantitative estimate of drug-likeness (QED) is 0.691. The van der Waals surface area contributed by atoms with Gasteiger partial charge in [0, 0.05) is 17.0 Å². The third-order valence-electron chi connectivity index (χ3n) is 3.16. The molecule has 98 valence electrons. The summed E-state index contributed by atoms with van der Waals surface area (Å²) in [5.74, 6) is 0.205. The molecule has 0 N–H and O–H groups in total. The van der Waals surface area contributed by atoms with E-state index in [4.69, 9.17) is 11.6 Å². The van der Waals surface area contributed by atoms with Crippen LogP contribution >= 0.6 is 11.6 Å². The van der Waals surface area contributed by atoms with Gasteiger partial charge in [-0.1, -0.05) is 42.8 Å². The molecular formula is C17H17ClO. The highest BCUT2D eigenvalue weighted by Gasteiger charge is 2.07. The highest BCUT2D eigenvalue weighted by atomic mass is 35.5. The molecule has 0 fully saturated rings. The molecule has 1 nitrogen and oxygen atoms in total. The Morgan fingerprint density at radius 3 is 2.63 bits per heavy atom. The molecule has 0 saturated heterocycles. The summed E-state index contributed by atoms with van der Waals surface area (Å²) in [5, 5.41) is 0.736. The van der Waals surface area contributed by atoms with Gasteiger partial charge in [-0.25, -0.2) is 0 Å². The average Bonchev–Trinajstić information content (AvgIpc) is 2.39. The zero-order chi connectivity index (χ0) is 13.8. The van der Waals surface area contributed by atoms with Crippen LogP contribution < -0.4 is 0 Å². The first-order valence-electron chi connectivity index (χ1n) is 6.51. The number of hydrogen-bond donors (Lipinski definition) is 0. The van der Waals surface area contributed by atoms with E-state index in [0.29, 0.717) is 6.42 Å². The minimum atomic E-state index is 0.205. The number of ketones is 1. The lowest BCUT2D eigenvalue weighted by molar-refractivity contribution is 0.0982. The lowest BCUT2D eigenvalue weighted by atomic mass is 9.97. The largest absolute Gasteiger partial charge is 0.294 e. The van der Waals surface area contributed by atoms with Crippen molar-refractivity contribution in [3.05, 3.63) is 58.6 Å². The van der Waals surface area contributed by atoms with E-state index in [9.17, 15) is 4.79 Å². The van der Waals surface area contributed by atoms with Crippen LogP contribution in [0.5, 0.6) is 0 Å². The molecule has 19 heavy (non-hydrogen) atoms. The van der Waals surface area contributed by atoms with E-state index in [-0.39, 0.29) is 5.78 Å². The van der Waals surface area contributed by atoms with Gasteiger partial charge in [0.15, 0.2) is 5.78 Å². The summed E-state index contributed by atoms with van der Waals surface area (Å²) in [6, 6.07) is 13.6. The van der Waals surface area contributed by atoms with Gasteiger partial charge < -0.3 is 0 Å². The maximum Gasteiger partial charge on any atom is 0.162 e. The summed E-state index contributed by atoms with van der Waals surface area (Å²) in [4.78, 5) is 11.9. The SMILES string of the molecule is CCCC(=O)c1cccc(-c2ccc(Cl)cc2C)c1. The van der Waals surface area contributed by atoms with Gasteiger partial charge in [0.05, 0.1) is 0 Å². The highest BCUT2D eigenvalue weighted by Crippen LogP contribution is 2.26. The van der Waals surface area contributed by atoms with Crippen molar-refractivity contribution in [2.75, 3.05) is 0 Å². The Bertz CT molecular complexity index is 602. The third-order valence-corrected chi connectivity index (χ3v) is 3.40. The summed E-state index contributed by atoms with van der Waals surface area (Å²) < 4.78 is 0. The summed E-state index contributed by atoms with van der Waals surface area (Å²) >= 11 is 5.97. The predicted octanol–water partition coefficient (Wildman–Crippen LogP) is 5.30. The molecule has 0 amide bonds. The van der Waals surface area contributed by atoms with Crippen LogP contribution in [0.4, 0.5) is 0 Å². The first-order chi connectivity index (χ1) is 9.11. The first-order valence-corrected chi connectivity index (χ1v) is 6.89. The molecule has 2 aromatic carbocycles. The molecule has 0 aliphatic rings. The van der Waals surface area contributed by atoms with E-state index < -0.39 is 0 Å². The van der Waals surface area contributed by atoms with Gasteiger partial charge >= 0.3 is 0 Å². The number of benzene rings is 2. The Hall–Kier alpha value is -1.60. The molecule has 0 unspecified atom stereocenters. The summed E-state index contributed by atoms with van der Waals surface area (Å²) in [6.07, 6.45) is 1.48. The number of hydrogen-bond acceptors (Lipinski definition) is 1. The molecule has 2 aromatic rings. The zero-order valence-corrected chi connectivity index (χ0v) is 12.0. The smallest absolute Gasteiger partial charge is 0.162 e. The second-order valence-electron chi connectivity index (χ2n) is 4.71. The number of aryl methyl sites for hydroxylation is 1. The van der Waals surface area contributed by atoms with Gasteiger partial charge in [-0.2, -0.15) is 0 Å². The molecule has 0 bridgehead atoms. The van der Waals surface area contributed by atoms with Crippen LogP contribution in [0.25, 0.3) is 11.1 Å². The van der Waals surface area contributed by atoms with Crippen molar-refractivity contribution in [3.8, 4) is 11.1 Å². The molecule has 0 spiro atoms. The number of Topliss-reactive ketones (excluding diaryl/α,β-unsaturated/α-hetero) is 1. The van der Waals surface area contributed by atoms with Crippen LogP contribution in [0.3, 0.4) is 0 Å². The van der Waals surface area contributed by atoms with Crippen LogP contribution in [0.2, 0.25) is 5.02 Å². The fourth-order valence-electron chi connectivity index (χ4n) is 2.18. The molecule has 0 atom stereocenters. The molecule has 0 aliphatic carbocycles. The number of carbonyl (C=O) groups excluding carboxylic acids is 1. The maximum atomic E-state index is 11.9. The Morgan fingerprint density at radius 2 is 1.95 bits per heavy atom. The molecule has 2 heteroatoms. The van der Waals surface area contributed by atoms with Crippen LogP contribution in [-0.4, -0.2) is 5.78 Å². The molecule has 0 aliphatic heterocycles. The van der Waals surface area contributed by atoms with Crippen molar-refractivity contribution in [1.82, 2.24) is 0 Å². The summed E-state index contributed by atoms with van der Waals surface area (Å²) in [7, 11) is 0. The van der Waals surface area contributed by atoms with Crippen LogP contribution in [0, 0.1) is 6.92 Å². The fraction of sp³-hybridized carbons (Fsp3) is 0.235. The number of halogens is 1. The molecule has 0 aromatic heterocycles. The molecular weight excluding hydrogens is 256 g/mol. The molecule has 0 heterocycles. The van der Waals surface area contributed by atoms with Crippen molar-refractivity contribution in [1.29, 1.82) is 0 Å². The van der Waals surface area contributed by atoms with Gasteiger partial charge in [-0.3, -0.25) is 4.79 Å². The lowest BCUT2D eigenvalue weighted by Crippen LogP contribution is -1.98.